The number of aromatic amines is 1. The van der Waals surface area contributed by atoms with E-state index in [1.165, 1.54) is 12.3 Å². The number of carbonyl (C=O) groups excluding carboxylic acids is 1. The number of nitrogens with one attached hydrogen (secondary N) is 1. The van der Waals surface area contributed by atoms with E-state index in [-0.39, 0.29) is 17.0 Å². The van der Waals surface area contributed by atoms with Crippen molar-refractivity contribution in [3.8, 4) is 5.75 Å². The van der Waals surface area contributed by atoms with Gasteiger partial charge in [-0.05, 0) is 24.6 Å². The molecule has 0 aliphatic heterocycles. The van der Waals surface area contributed by atoms with E-state index < -0.39 is 0 Å². The Balaban J connectivity index is 1.98. The Morgan fingerprint density at radius 3 is 2.60 bits per heavy atom. The van der Waals surface area contributed by atoms with E-state index in [2.05, 4.69) is 4.98 Å². The third kappa shape index (κ3) is 3.99. The monoisotopic (exact) mass is 289 g/mol. The highest BCUT2D eigenvalue weighted by Crippen LogP contribution is 2.22. The fourth-order valence-corrected chi connectivity index (χ4v) is 2.56. The molecule has 2 rings (SSSR count). The lowest BCUT2D eigenvalue weighted by Gasteiger charge is -2.04. The van der Waals surface area contributed by atoms with Crippen LogP contribution in [-0.2, 0) is 17.0 Å². The van der Waals surface area contributed by atoms with Crippen molar-refractivity contribution in [3.05, 3.63) is 58.0 Å². The standard InChI is InChI=1S/C15H15NO3S/c1-10(17)6-11-2-4-13(5-3-11)20-9-12-7-14(18)15(19)8-16-12/h2-5,7-8,19H,6,9H2,1H3,(H,16,18). The molecule has 0 radical (unpaired) electrons. The van der Waals surface area contributed by atoms with Crippen LogP contribution in [0.4, 0.5) is 0 Å². The van der Waals surface area contributed by atoms with Gasteiger partial charge in [0, 0.05) is 35.0 Å². The van der Waals surface area contributed by atoms with Crippen molar-refractivity contribution in [2.75, 3.05) is 0 Å². The lowest BCUT2D eigenvalue weighted by Crippen LogP contribution is -2.01. The van der Waals surface area contributed by atoms with Crippen LogP contribution in [0.2, 0.25) is 0 Å². The van der Waals surface area contributed by atoms with Gasteiger partial charge in [0.05, 0.1) is 0 Å². The van der Waals surface area contributed by atoms with Crippen molar-refractivity contribution in [2.45, 2.75) is 24.0 Å². The van der Waals surface area contributed by atoms with Crippen molar-refractivity contribution in [1.82, 2.24) is 4.98 Å². The number of hydrogen-bond donors (Lipinski definition) is 2. The first-order valence-corrected chi connectivity index (χ1v) is 7.15. The summed E-state index contributed by atoms with van der Waals surface area (Å²) in [6.07, 6.45) is 1.75. The van der Waals surface area contributed by atoms with Crippen LogP contribution in [0.15, 0.2) is 46.2 Å². The molecule has 0 unspecified atom stereocenters. The highest BCUT2D eigenvalue weighted by atomic mass is 32.2. The van der Waals surface area contributed by atoms with E-state index in [1.807, 2.05) is 24.3 Å². The van der Waals surface area contributed by atoms with Gasteiger partial charge in [-0.25, -0.2) is 0 Å². The van der Waals surface area contributed by atoms with Crippen LogP contribution in [0.5, 0.6) is 5.75 Å². The van der Waals surface area contributed by atoms with E-state index >= 15 is 0 Å². The van der Waals surface area contributed by atoms with Crippen LogP contribution in [0.1, 0.15) is 18.2 Å². The number of aromatic hydroxyl groups is 1. The summed E-state index contributed by atoms with van der Waals surface area (Å²) in [5.41, 5.74) is 1.38. The van der Waals surface area contributed by atoms with Gasteiger partial charge >= 0.3 is 0 Å². The molecule has 1 aromatic carbocycles. The van der Waals surface area contributed by atoms with Gasteiger partial charge in [-0.3, -0.25) is 9.59 Å². The molecule has 0 aliphatic carbocycles. The summed E-state index contributed by atoms with van der Waals surface area (Å²) in [6, 6.07) is 9.18. The fraction of sp³-hybridized carbons (Fsp3) is 0.200. The molecule has 0 saturated heterocycles. The zero-order valence-electron chi connectivity index (χ0n) is 11.1. The van der Waals surface area contributed by atoms with Gasteiger partial charge in [0.1, 0.15) is 5.78 Å². The molecule has 0 saturated carbocycles. The zero-order valence-corrected chi connectivity index (χ0v) is 11.9. The SMILES string of the molecule is CC(=O)Cc1ccc(SCc2cc(=O)c(O)c[nH]2)cc1. The summed E-state index contributed by atoms with van der Waals surface area (Å²) in [4.78, 5) is 26.2. The van der Waals surface area contributed by atoms with Gasteiger partial charge in [0.2, 0.25) is 5.43 Å². The Bertz CT molecular complexity index is 662. The first kappa shape index (κ1) is 14.4. The Morgan fingerprint density at radius 1 is 1.30 bits per heavy atom. The molecule has 0 fully saturated rings. The number of aromatic nitrogens is 1. The van der Waals surface area contributed by atoms with E-state index in [9.17, 15) is 9.59 Å². The van der Waals surface area contributed by atoms with Gasteiger partial charge in [0.25, 0.3) is 0 Å². The summed E-state index contributed by atoms with van der Waals surface area (Å²) in [5.74, 6) is 0.487. The molecule has 20 heavy (non-hydrogen) atoms. The minimum absolute atomic E-state index is 0.145. The van der Waals surface area contributed by atoms with Gasteiger partial charge in [0.15, 0.2) is 5.75 Å². The molecule has 2 aromatic rings. The second-order valence-corrected chi connectivity index (χ2v) is 5.57. The third-order valence-corrected chi connectivity index (χ3v) is 3.78. The van der Waals surface area contributed by atoms with Crippen molar-refractivity contribution < 1.29 is 9.90 Å². The lowest BCUT2D eigenvalue weighted by atomic mass is 10.1. The van der Waals surface area contributed by atoms with E-state index in [4.69, 9.17) is 5.11 Å². The molecule has 0 atom stereocenters. The molecule has 5 heteroatoms. The molecular formula is C15H15NO3S. The molecule has 0 amide bonds. The zero-order chi connectivity index (χ0) is 14.5. The van der Waals surface area contributed by atoms with Crippen LogP contribution in [0, 0.1) is 0 Å². The highest BCUT2D eigenvalue weighted by Gasteiger charge is 2.02. The Labute approximate surface area is 120 Å². The molecule has 0 spiro atoms. The first-order chi connectivity index (χ1) is 9.54. The van der Waals surface area contributed by atoms with E-state index in [0.717, 1.165) is 16.2 Å². The van der Waals surface area contributed by atoms with Crippen molar-refractivity contribution in [3.63, 3.8) is 0 Å². The minimum atomic E-state index is -0.379. The average molecular weight is 289 g/mol. The summed E-state index contributed by atoms with van der Waals surface area (Å²) < 4.78 is 0. The number of hydrogen-bond acceptors (Lipinski definition) is 4. The number of benzene rings is 1. The highest BCUT2D eigenvalue weighted by molar-refractivity contribution is 7.98. The van der Waals surface area contributed by atoms with Crippen LogP contribution >= 0.6 is 11.8 Å². The number of carbonyl (C=O) groups is 1. The van der Waals surface area contributed by atoms with Gasteiger partial charge in [-0.15, -0.1) is 11.8 Å². The largest absolute Gasteiger partial charge is 0.503 e. The van der Waals surface area contributed by atoms with Crippen LogP contribution in [-0.4, -0.2) is 15.9 Å². The third-order valence-electron chi connectivity index (χ3n) is 2.72. The van der Waals surface area contributed by atoms with E-state index in [1.54, 1.807) is 18.7 Å². The van der Waals surface area contributed by atoms with Crippen molar-refractivity contribution in [2.24, 2.45) is 0 Å². The predicted molar refractivity (Wildman–Crippen MR) is 79.1 cm³/mol. The maximum absolute atomic E-state index is 11.3. The smallest absolute Gasteiger partial charge is 0.223 e. The molecule has 1 aromatic heterocycles. The minimum Gasteiger partial charge on any atom is -0.503 e. The molecular weight excluding hydrogens is 274 g/mol. The lowest BCUT2D eigenvalue weighted by molar-refractivity contribution is -0.116. The molecule has 0 aliphatic rings. The van der Waals surface area contributed by atoms with Gasteiger partial charge in [-0.1, -0.05) is 12.1 Å². The topological polar surface area (TPSA) is 70.2 Å². The van der Waals surface area contributed by atoms with Crippen molar-refractivity contribution in [1.29, 1.82) is 0 Å². The van der Waals surface area contributed by atoms with Crippen LogP contribution < -0.4 is 5.43 Å². The van der Waals surface area contributed by atoms with E-state index in [0.29, 0.717) is 12.2 Å². The number of ketones is 1. The molecule has 2 N–H and O–H groups in total. The number of H-pyrrole nitrogens is 1. The van der Waals surface area contributed by atoms with Gasteiger partial charge in [-0.2, -0.15) is 0 Å². The molecule has 4 nitrogen and oxygen atoms in total. The van der Waals surface area contributed by atoms with Crippen LogP contribution in [0.3, 0.4) is 0 Å². The maximum Gasteiger partial charge on any atom is 0.223 e. The second kappa shape index (κ2) is 6.43. The maximum atomic E-state index is 11.3. The molecule has 1 heterocycles. The quantitative estimate of drug-likeness (QED) is 0.830. The summed E-state index contributed by atoms with van der Waals surface area (Å²) in [6.45, 7) is 1.57. The van der Waals surface area contributed by atoms with Gasteiger partial charge < -0.3 is 10.1 Å². The van der Waals surface area contributed by atoms with Crippen LogP contribution in [0.25, 0.3) is 0 Å². The normalized spacial score (nSPS) is 10.4. The summed E-state index contributed by atoms with van der Waals surface area (Å²) in [5, 5.41) is 9.15. The number of pyridine rings is 1. The Kier molecular flexibility index (Phi) is 4.63. The number of Topliss-reactive ketones (excluding diaryl/α,β-unsaturated/α-hetero) is 1. The summed E-state index contributed by atoms with van der Waals surface area (Å²) in [7, 11) is 0. The average Bonchev–Trinajstić information content (AvgIpc) is 2.41. The van der Waals surface area contributed by atoms with Crippen molar-refractivity contribution >= 4 is 17.5 Å². The predicted octanol–water partition coefficient (Wildman–Crippen LogP) is 2.50. The Morgan fingerprint density at radius 2 is 2.00 bits per heavy atom. The fourth-order valence-electron chi connectivity index (χ4n) is 1.74. The first-order valence-electron chi connectivity index (χ1n) is 6.16. The summed E-state index contributed by atoms with van der Waals surface area (Å²) >= 11 is 1.58. The molecule has 104 valence electrons. The number of rotatable bonds is 5. The Hall–Kier alpha value is -2.01. The second-order valence-electron chi connectivity index (χ2n) is 4.52. The number of thioether (sulfide) groups is 1. The molecule has 0 bridgehead atoms.